The normalized spacial score (nSPS) is 23.0. The molecule has 0 unspecified atom stereocenters. The standard InChI is InChI=1S/C23H21IN2O3/c1-14-18(12-24)16(13-25)7-8-19(14)26-20-9-10-21(17(20)11-22(26)27)29-23(28)15-5-3-2-4-6-15/h2-8,17,20-21H,9-12H2,1H3/t17-,20-,21+/m1/s1. The summed E-state index contributed by atoms with van der Waals surface area (Å²) in [5.74, 6) is -0.259. The van der Waals surface area contributed by atoms with Crippen LogP contribution in [0.1, 0.15) is 46.3 Å². The third-order valence-corrected chi connectivity index (χ3v) is 6.84. The van der Waals surface area contributed by atoms with Crippen molar-refractivity contribution in [1.82, 2.24) is 0 Å². The predicted molar refractivity (Wildman–Crippen MR) is 118 cm³/mol. The van der Waals surface area contributed by atoms with Crippen molar-refractivity contribution in [2.75, 3.05) is 4.90 Å². The number of carbonyl (C=O) groups is 2. The summed E-state index contributed by atoms with van der Waals surface area (Å²) in [6.07, 6.45) is 1.70. The van der Waals surface area contributed by atoms with Gasteiger partial charge in [-0.15, -0.1) is 0 Å². The number of anilines is 1. The molecule has 1 heterocycles. The fourth-order valence-corrected chi connectivity index (χ4v) is 5.59. The first-order valence-electron chi connectivity index (χ1n) is 9.71. The van der Waals surface area contributed by atoms with E-state index >= 15 is 0 Å². The monoisotopic (exact) mass is 500 g/mol. The smallest absolute Gasteiger partial charge is 0.338 e. The number of halogens is 1. The van der Waals surface area contributed by atoms with Crippen molar-refractivity contribution in [3.8, 4) is 6.07 Å². The molecule has 2 aromatic carbocycles. The first-order chi connectivity index (χ1) is 14.0. The van der Waals surface area contributed by atoms with Gasteiger partial charge in [0.2, 0.25) is 5.91 Å². The number of fused-ring (bicyclic) bond motifs is 1. The Hall–Kier alpha value is -2.40. The van der Waals surface area contributed by atoms with Gasteiger partial charge >= 0.3 is 5.97 Å². The summed E-state index contributed by atoms with van der Waals surface area (Å²) in [4.78, 5) is 27.3. The van der Waals surface area contributed by atoms with E-state index in [-0.39, 0.29) is 29.9 Å². The molecule has 1 amide bonds. The van der Waals surface area contributed by atoms with Crippen LogP contribution in [-0.4, -0.2) is 24.0 Å². The quantitative estimate of drug-likeness (QED) is 0.351. The Morgan fingerprint density at radius 3 is 2.69 bits per heavy atom. The molecule has 148 valence electrons. The molecule has 2 aromatic rings. The molecule has 1 saturated carbocycles. The lowest BCUT2D eigenvalue weighted by Crippen LogP contribution is -2.35. The van der Waals surface area contributed by atoms with E-state index in [0.29, 0.717) is 22.0 Å². The van der Waals surface area contributed by atoms with Crippen LogP contribution in [0.25, 0.3) is 0 Å². The van der Waals surface area contributed by atoms with Crippen LogP contribution in [0.2, 0.25) is 0 Å². The average Bonchev–Trinajstić information content (AvgIpc) is 3.26. The molecule has 0 N–H and O–H groups in total. The van der Waals surface area contributed by atoms with Gasteiger partial charge < -0.3 is 9.64 Å². The summed E-state index contributed by atoms with van der Waals surface area (Å²) >= 11 is 2.25. The third kappa shape index (κ3) is 3.52. The van der Waals surface area contributed by atoms with Crippen LogP contribution in [0.15, 0.2) is 42.5 Å². The molecule has 4 rings (SSSR count). The Morgan fingerprint density at radius 2 is 2.00 bits per heavy atom. The molecular weight excluding hydrogens is 479 g/mol. The number of esters is 1. The van der Waals surface area contributed by atoms with E-state index in [1.165, 1.54) is 0 Å². The second-order valence-electron chi connectivity index (χ2n) is 7.57. The van der Waals surface area contributed by atoms with Gasteiger partial charge in [0.25, 0.3) is 0 Å². The van der Waals surface area contributed by atoms with Crippen LogP contribution >= 0.6 is 22.6 Å². The van der Waals surface area contributed by atoms with Crippen LogP contribution in [0, 0.1) is 24.2 Å². The number of carbonyl (C=O) groups excluding carboxylic acids is 2. The lowest BCUT2D eigenvalue weighted by molar-refractivity contribution is -0.117. The van der Waals surface area contributed by atoms with Crippen molar-refractivity contribution in [2.45, 2.75) is 42.8 Å². The minimum atomic E-state index is -0.330. The van der Waals surface area contributed by atoms with Gasteiger partial charge in [0.15, 0.2) is 0 Å². The molecule has 0 bridgehead atoms. The lowest BCUT2D eigenvalue weighted by Gasteiger charge is -2.27. The van der Waals surface area contributed by atoms with Gasteiger partial charge in [0, 0.05) is 28.5 Å². The van der Waals surface area contributed by atoms with E-state index in [0.717, 1.165) is 29.7 Å². The fraction of sp³-hybridized carbons (Fsp3) is 0.348. The van der Waals surface area contributed by atoms with Crippen LogP contribution < -0.4 is 4.90 Å². The number of amides is 1. The highest BCUT2D eigenvalue weighted by molar-refractivity contribution is 14.1. The SMILES string of the molecule is Cc1c(N2C(=O)C[C@H]3[C@@H](OC(=O)c4ccccc4)CC[C@H]32)ccc(C#N)c1CI. The number of ether oxygens (including phenoxy) is 1. The van der Waals surface area contributed by atoms with Gasteiger partial charge in [-0.3, -0.25) is 4.79 Å². The van der Waals surface area contributed by atoms with E-state index in [2.05, 4.69) is 28.7 Å². The maximum atomic E-state index is 12.9. The molecule has 29 heavy (non-hydrogen) atoms. The number of nitrogens with zero attached hydrogens (tertiary/aromatic N) is 2. The Labute approximate surface area is 183 Å². The summed E-state index contributed by atoms with van der Waals surface area (Å²) < 4.78 is 6.51. The van der Waals surface area contributed by atoms with Crippen molar-refractivity contribution in [3.63, 3.8) is 0 Å². The number of benzene rings is 2. The Bertz CT molecular complexity index is 999. The van der Waals surface area contributed by atoms with Gasteiger partial charge in [0.1, 0.15) is 6.10 Å². The predicted octanol–water partition coefficient (Wildman–Crippen LogP) is 4.54. The second-order valence-corrected chi connectivity index (χ2v) is 8.33. The summed E-state index contributed by atoms with van der Waals surface area (Å²) in [5.41, 5.74) is 4.03. The zero-order chi connectivity index (χ0) is 20.5. The lowest BCUT2D eigenvalue weighted by atomic mass is 9.99. The van der Waals surface area contributed by atoms with E-state index < -0.39 is 0 Å². The maximum absolute atomic E-state index is 12.9. The van der Waals surface area contributed by atoms with Gasteiger partial charge in [-0.1, -0.05) is 40.8 Å². The second kappa shape index (κ2) is 8.15. The molecule has 1 aliphatic carbocycles. The number of nitriles is 1. The molecule has 5 nitrogen and oxygen atoms in total. The average molecular weight is 500 g/mol. The zero-order valence-electron chi connectivity index (χ0n) is 16.1. The third-order valence-electron chi connectivity index (χ3n) is 6.08. The first kappa shape index (κ1) is 19.9. The molecule has 6 heteroatoms. The molecule has 1 aliphatic heterocycles. The Kier molecular flexibility index (Phi) is 5.59. The molecule has 1 saturated heterocycles. The molecule has 2 aliphatic rings. The number of hydrogen-bond donors (Lipinski definition) is 0. The topological polar surface area (TPSA) is 70.4 Å². The highest BCUT2D eigenvalue weighted by Gasteiger charge is 2.50. The summed E-state index contributed by atoms with van der Waals surface area (Å²) in [7, 11) is 0. The van der Waals surface area contributed by atoms with Gasteiger partial charge in [-0.2, -0.15) is 5.26 Å². The van der Waals surface area contributed by atoms with Crippen molar-refractivity contribution >= 4 is 40.2 Å². The molecule has 2 fully saturated rings. The molecule has 0 radical (unpaired) electrons. The summed E-state index contributed by atoms with van der Waals surface area (Å²) in [6.45, 7) is 1.98. The summed E-state index contributed by atoms with van der Waals surface area (Å²) in [6, 6.07) is 14.9. The van der Waals surface area contributed by atoms with Crippen molar-refractivity contribution in [1.29, 1.82) is 5.26 Å². The molecule has 0 spiro atoms. The first-order valence-corrected chi connectivity index (χ1v) is 11.2. The van der Waals surface area contributed by atoms with Gasteiger partial charge in [-0.05, 0) is 55.2 Å². The minimum absolute atomic E-state index is 0.00765. The molecule has 0 aromatic heterocycles. The zero-order valence-corrected chi connectivity index (χ0v) is 18.3. The van der Waals surface area contributed by atoms with Crippen LogP contribution in [0.5, 0.6) is 0 Å². The largest absolute Gasteiger partial charge is 0.458 e. The van der Waals surface area contributed by atoms with E-state index in [1.807, 2.05) is 36.1 Å². The minimum Gasteiger partial charge on any atom is -0.458 e. The number of rotatable bonds is 4. The van der Waals surface area contributed by atoms with Crippen LogP contribution in [-0.2, 0) is 14.0 Å². The van der Waals surface area contributed by atoms with E-state index in [4.69, 9.17) is 4.74 Å². The van der Waals surface area contributed by atoms with Crippen molar-refractivity contribution < 1.29 is 14.3 Å². The summed E-state index contributed by atoms with van der Waals surface area (Å²) in [5, 5.41) is 9.36. The highest BCUT2D eigenvalue weighted by atomic mass is 127. The van der Waals surface area contributed by atoms with Crippen LogP contribution in [0.3, 0.4) is 0 Å². The molecule has 3 atom stereocenters. The van der Waals surface area contributed by atoms with E-state index in [9.17, 15) is 14.9 Å². The van der Waals surface area contributed by atoms with E-state index in [1.54, 1.807) is 18.2 Å². The number of hydrogen-bond acceptors (Lipinski definition) is 4. The van der Waals surface area contributed by atoms with Gasteiger partial charge in [-0.25, -0.2) is 4.79 Å². The number of alkyl halides is 1. The van der Waals surface area contributed by atoms with Crippen molar-refractivity contribution in [3.05, 3.63) is 64.7 Å². The maximum Gasteiger partial charge on any atom is 0.338 e. The van der Waals surface area contributed by atoms with Gasteiger partial charge in [0.05, 0.1) is 17.2 Å². The Morgan fingerprint density at radius 1 is 1.24 bits per heavy atom. The van der Waals surface area contributed by atoms with Crippen LogP contribution in [0.4, 0.5) is 5.69 Å². The Balaban J connectivity index is 1.57. The highest BCUT2D eigenvalue weighted by Crippen LogP contribution is 2.44. The fourth-order valence-electron chi connectivity index (χ4n) is 4.61. The van der Waals surface area contributed by atoms with Crippen molar-refractivity contribution in [2.24, 2.45) is 5.92 Å². The molecular formula is C23H21IN2O3.